The zero-order valence-corrected chi connectivity index (χ0v) is 11.3. The Bertz CT molecular complexity index is 273. The summed E-state index contributed by atoms with van der Waals surface area (Å²) in [6.45, 7) is 0.705. The van der Waals surface area contributed by atoms with E-state index in [2.05, 4.69) is 6.08 Å². The summed E-state index contributed by atoms with van der Waals surface area (Å²) in [6.07, 6.45) is 4.10. The van der Waals surface area contributed by atoms with Crippen molar-refractivity contribution in [1.82, 2.24) is 0 Å². The molecule has 12 heavy (non-hydrogen) atoms. The summed E-state index contributed by atoms with van der Waals surface area (Å²) in [4.78, 5) is 0. The average Bonchev–Trinajstić information content (AvgIpc) is 2.05. The van der Waals surface area contributed by atoms with Gasteiger partial charge in [-0.1, -0.05) is 24.3 Å². The van der Waals surface area contributed by atoms with Crippen molar-refractivity contribution >= 4 is 6.08 Å². The fraction of sp³-hybridized carbons (Fsp3) is 0.111. The Morgan fingerprint density at radius 1 is 1.17 bits per heavy atom. The Kier molecular flexibility index (Phi) is 5.79. The molecule has 0 unspecified atom stereocenters. The van der Waals surface area contributed by atoms with E-state index >= 15 is 0 Å². The van der Waals surface area contributed by atoms with Gasteiger partial charge in [-0.05, 0) is 12.1 Å². The minimum atomic E-state index is 0. The van der Waals surface area contributed by atoms with Crippen LogP contribution in [0.5, 0.6) is 5.75 Å². The van der Waals surface area contributed by atoms with Crippen LogP contribution in [-0.4, -0.2) is 6.61 Å². The number of para-hydroxylation sites is 1. The second-order valence-corrected chi connectivity index (χ2v) is 2.25. The molecule has 1 aromatic rings. The van der Waals surface area contributed by atoms with Gasteiger partial charge in [-0.2, -0.15) is 0 Å². The summed E-state index contributed by atoms with van der Waals surface area (Å²) in [5.74, 6) is 0.991. The van der Waals surface area contributed by atoms with Gasteiger partial charge < -0.3 is 4.74 Å². The van der Waals surface area contributed by atoms with Gasteiger partial charge in [0.1, 0.15) is 12.4 Å². The van der Waals surface area contributed by atoms with Crippen LogP contribution in [-0.2, 0) is 42.1 Å². The van der Waals surface area contributed by atoms with Gasteiger partial charge in [-0.3, -0.25) is 0 Å². The maximum absolute atomic E-state index is 5.34. The Labute approximate surface area is 101 Å². The summed E-state index contributed by atoms with van der Waals surface area (Å²) >= 11 is 0. The van der Waals surface area contributed by atoms with Crippen LogP contribution >= 0.6 is 0 Å². The second kappa shape index (κ2) is 5.73. The molecule has 0 spiro atoms. The third-order valence-corrected chi connectivity index (χ3v) is 1.55. The minimum Gasteiger partial charge on any atom is -0.489 e. The third-order valence-electron chi connectivity index (χ3n) is 1.55. The number of hydrogen-bond donors (Lipinski definition) is 0. The second-order valence-electron chi connectivity index (χ2n) is 2.25. The zero-order valence-electron chi connectivity index (χ0n) is 6.40. The largest absolute Gasteiger partial charge is 0.489 e. The van der Waals surface area contributed by atoms with Crippen molar-refractivity contribution in [3.8, 4) is 5.75 Å². The predicted molar refractivity (Wildman–Crippen MR) is 41.0 cm³/mol. The van der Waals surface area contributed by atoms with Crippen molar-refractivity contribution < 1.29 is 46.9 Å². The molecule has 0 fully saturated rings. The quantitative estimate of drug-likeness (QED) is 0.594. The standard InChI is InChI=1S/C9H8O.Mo.W/c1-2-6-9-8(4-1)5-3-7-10-9;;/h1-6H,7H2;;. The van der Waals surface area contributed by atoms with E-state index in [0.29, 0.717) is 6.61 Å². The number of benzene rings is 1. The first-order valence-corrected chi connectivity index (χ1v) is 3.35. The molecule has 0 N–H and O–H groups in total. The molecule has 1 nitrogen and oxygen atoms in total. The molecule has 3 heteroatoms. The van der Waals surface area contributed by atoms with E-state index in [4.69, 9.17) is 4.74 Å². The normalized spacial score (nSPS) is 11.7. The molecule has 1 heterocycles. The van der Waals surface area contributed by atoms with Gasteiger partial charge in [0.25, 0.3) is 0 Å². The molecular weight excluding hydrogens is 404 g/mol. The Morgan fingerprint density at radius 3 is 2.67 bits per heavy atom. The van der Waals surface area contributed by atoms with Crippen molar-refractivity contribution in [2.24, 2.45) is 0 Å². The van der Waals surface area contributed by atoms with Crippen LogP contribution < -0.4 is 4.74 Å². The molecule has 0 radical (unpaired) electrons. The van der Waals surface area contributed by atoms with E-state index in [0.717, 1.165) is 5.75 Å². The first-order valence-electron chi connectivity index (χ1n) is 3.35. The predicted octanol–water partition coefficient (Wildman–Crippen LogP) is 2.09. The van der Waals surface area contributed by atoms with Gasteiger partial charge in [-0.25, -0.2) is 0 Å². The topological polar surface area (TPSA) is 9.23 Å². The summed E-state index contributed by atoms with van der Waals surface area (Å²) in [6, 6.07) is 8.03. The number of rotatable bonds is 0. The van der Waals surface area contributed by atoms with E-state index in [1.165, 1.54) is 5.56 Å². The first-order chi connectivity index (χ1) is 4.97. The molecule has 0 saturated heterocycles. The molecule has 0 atom stereocenters. The number of fused-ring (bicyclic) bond motifs is 1. The monoisotopic (exact) mass is 414 g/mol. The van der Waals surface area contributed by atoms with Crippen LogP contribution in [0.3, 0.4) is 0 Å². The fourth-order valence-corrected chi connectivity index (χ4v) is 1.06. The van der Waals surface area contributed by atoms with Gasteiger partial charge in [-0.15, -0.1) is 0 Å². The number of hydrogen-bond acceptors (Lipinski definition) is 1. The fourth-order valence-electron chi connectivity index (χ4n) is 1.06. The van der Waals surface area contributed by atoms with E-state index in [-0.39, 0.29) is 42.1 Å². The first kappa shape index (κ1) is 12.1. The van der Waals surface area contributed by atoms with E-state index in [9.17, 15) is 0 Å². The molecule has 1 aliphatic heterocycles. The van der Waals surface area contributed by atoms with Gasteiger partial charge in [0.05, 0.1) is 0 Å². The SMILES string of the molecule is C1=Cc2ccccc2OC1.[Mo].[W]. The molecule has 0 bridgehead atoms. The molecule has 1 aromatic carbocycles. The van der Waals surface area contributed by atoms with Gasteiger partial charge in [0, 0.05) is 47.7 Å². The molecule has 0 aromatic heterocycles. The van der Waals surface area contributed by atoms with Crippen LogP contribution in [0.4, 0.5) is 0 Å². The molecule has 62 valence electrons. The molecule has 2 rings (SSSR count). The van der Waals surface area contributed by atoms with E-state index < -0.39 is 0 Å². The van der Waals surface area contributed by atoms with Gasteiger partial charge >= 0.3 is 0 Å². The van der Waals surface area contributed by atoms with Crippen LogP contribution in [0.2, 0.25) is 0 Å². The van der Waals surface area contributed by atoms with E-state index in [1.807, 2.05) is 30.3 Å². The number of ether oxygens (including phenoxy) is 1. The summed E-state index contributed by atoms with van der Waals surface area (Å²) in [5, 5.41) is 0. The van der Waals surface area contributed by atoms with Crippen LogP contribution in [0.15, 0.2) is 30.3 Å². The van der Waals surface area contributed by atoms with Gasteiger partial charge in [0.15, 0.2) is 0 Å². The molecule has 0 aliphatic carbocycles. The third kappa shape index (κ3) is 2.57. The van der Waals surface area contributed by atoms with E-state index in [1.54, 1.807) is 0 Å². The Hall–Kier alpha value is 0.137. The molecule has 0 amide bonds. The van der Waals surface area contributed by atoms with Crippen molar-refractivity contribution in [1.29, 1.82) is 0 Å². The summed E-state index contributed by atoms with van der Waals surface area (Å²) in [5.41, 5.74) is 1.17. The van der Waals surface area contributed by atoms with Crippen LogP contribution in [0.25, 0.3) is 6.08 Å². The molecule has 0 saturated carbocycles. The van der Waals surface area contributed by atoms with Crippen LogP contribution in [0, 0.1) is 0 Å². The Morgan fingerprint density at radius 2 is 1.92 bits per heavy atom. The van der Waals surface area contributed by atoms with Crippen molar-refractivity contribution in [2.75, 3.05) is 6.61 Å². The maximum Gasteiger partial charge on any atom is 0.126 e. The molecule has 1 aliphatic rings. The minimum absolute atomic E-state index is 0. The van der Waals surface area contributed by atoms with Gasteiger partial charge in [0.2, 0.25) is 0 Å². The molecular formula is C9H8MoOW. The van der Waals surface area contributed by atoms with Crippen molar-refractivity contribution in [3.05, 3.63) is 35.9 Å². The summed E-state index contributed by atoms with van der Waals surface area (Å²) < 4.78 is 5.34. The summed E-state index contributed by atoms with van der Waals surface area (Å²) in [7, 11) is 0. The smallest absolute Gasteiger partial charge is 0.126 e. The Balaban J connectivity index is 0.000000605. The van der Waals surface area contributed by atoms with Crippen molar-refractivity contribution in [2.45, 2.75) is 0 Å². The van der Waals surface area contributed by atoms with Crippen molar-refractivity contribution in [3.63, 3.8) is 0 Å². The average molecular weight is 412 g/mol. The zero-order chi connectivity index (χ0) is 6.81. The maximum atomic E-state index is 5.34. The van der Waals surface area contributed by atoms with Crippen LogP contribution in [0.1, 0.15) is 5.56 Å².